The summed E-state index contributed by atoms with van der Waals surface area (Å²) in [6.45, 7) is 9.35. The number of aliphatic hydroxyl groups excluding tert-OH is 2. The van der Waals surface area contributed by atoms with E-state index in [0.29, 0.717) is 24.3 Å². The summed E-state index contributed by atoms with van der Waals surface area (Å²) in [6, 6.07) is 0.574. The summed E-state index contributed by atoms with van der Waals surface area (Å²) in [5.41, 5.74) is 1.59. The van der Waals surface area contributed by atoms with Crippen molar-refractivity contribution in [2.45, 2.75) is 90.9 Å². The third-order valence-corrected chi connectivity index (χ3v) is 6.44. The molecule has 2 aliphatic carbocycles. The van der Waals surface area contributed by atoms with E-state index in [-0.39, 0.29) is 17.9 Å². The Hall–Kier alpha value is -1.08. The average molecular weight is 388 g/mol. The third kappa shape index (κ3) is 7.07. The van der Waals surface area contributed by atoms with Crippen LogP contribution < -0.4 is 5.32 Å². The lowest BCUT2D eigenvalue weighted by molar-refractivity contribution is 0.137. The Labute approximate surface area is 172 Å². The first-order valence-corrected chi connectivity index (χ1v) is 11.3. The lowest BCUT2D eigenvalue weighted by Gasteiger charge is -2.19. The van der Waals surface area contributed by atoms with Crippen LogP contribution in [0.15, 0.2) is 23.8 Å². The molecule has 0 spiro atoms. The summed E-state index contributed by atoms with van der Waals surface area (Å²) in [7, 11) is 0. The second-order valence-electron chi connectivity index (χ2n) is 9.16. The summed E-state index contributed by atoms with van der Waals surface area (Å²) in [6.07, 6.45) is 13.3. The average Bonchev–Trinajstić information content (AvgIpc) is 3.16. The van der Waals surface area contributed by atoms with E-state index in [4.69, 9.17) is 0 Å². The van der Waals surface area contributed by atoms with E-state index in [2.05, 4.69) is 43.2 Å². The Kier molecular flexibility index (Phi) is 9.79. The lowest BCUT2D eigenvalue weighted by Crippen LogP contribution is -2.23. The lowest BCUT2D eigenvalue weighted by atomic mass is 9.89. The minimum Gasteiger partial charge on any atom is -0.392 e. The maximum absolute atomic E-state index is 10.5. The third-order valence-electron chi connectivity index (χ3n) is 6.44. The van der Waals surface area contributed by atoms with Gasteiger partial charge >= 0.3 is 0 Å². The maximum atomic E-state index is 10.5. The Balaban J connectivity index is 1.81. The summed E-state index contributed by atoms with van der Waals surface area (Å²) in [5.74, 6) is 7.39. The van der Waals surface area contributed by atoms with Gasteiger partial charge in [0.1, 0.15) is 0 Å². The molecular formula is C25H41NO2. The van der Waals surface area contributed by atoms with Crippen LogP contribution in [0.4, 0.5) is 0 Å². The molecule has 0 saturated heterocycles. The van der Waals surface area contributed by atoms with Gasteiger partial charge in [-0.05, 0) is 69.7 Å². The minimum atomic E-state index is -0.483. The van der Waals surface area contributed by atoms with E-state index in [9.17, 15) is 10.2 Å². The van der Waals surface area contributed by atoms with E-state index < -0.39 is 6.10 Å². The van der Waals surface area contributed by atoms with Gasteiger partial charge in [0.05, 0.1) is 12.2 Å². The maximum Gasteiger partial charge on any atom is 0.0755 e. The van der Waals surface area contributed by atoms with E-state index in [1.807, 2.05) is 19.9 Å². The van der Waals surface area contributed by atoms with Gasteiger partial charge in [0.15, 0.2) is 0 Å². The van der Waals surface area contributed by atoms with Gasteiger partial charge in [-0.25, -0.2) is 0 Å². The zero-order valence-corrected chi connectivity index (χ0v) is 18.3. The first-order chi connectivity index (χ1) is 13.4. The van der Waals surface area contributed by atoms with Crippen molar-refractivity contribution in [3.8, 4) is 11.8 Å². The quantitative estimate of drug-likeness (QED) is 0.295. The molecule has 0 radical (unpaired) electrons. The van der Waals surface area contributed by atoms with Crippen LogP contribution in [-0.4, -0.2) is 35.0 Å². The van der Waals surface area contributed by atoms with Gasteiger partial charge in [-0.2, -0.15) is 0 Å². The van der Waals surface area contributed by atoms with Gasteiger partial charge in [-0.15, -0.1) is 11.8 Å². The molecule has 0 aliphatic heterocycles. The van der Waals surface area contributed by atoms with Crippen molar-refractivity contribution in [1.29, 1.82) is 0 Å². The summed E-state index contributed by atoms with van der Waals surface area (Å²) in [4.78, 5) is 0. The van der Waals surface area contributed by atoms with Gasteiger partial charge < -0.3 is 15.5 Å². The largest absolute Gasteiger partial charge is 0.392 e. The van der Waals surface area contributed by atoms with Crippen LogP contribution in [0.2, 0.25) is 0 Å². The zero-order chi connectivity index (χ0) is 20.5. The first-order valence-electron chi connectivity index (χ1n) is 11.3. The number of allylic oxidation sites excluding steroid dienone is 2. The summed E-state index contributed by atoms with van der Waals surface area (Å²) < 4.78 is 0. The predicted octanol–water partition coefficient (Wildman–Crippen LogP) is 4.45. The molecule has 2 saturated carbocycles. The zero-order valence-electron chi connectivity index (χ0n) is 18.3. The molecule has 2 rings (SSSR count). The monoisotopic (exact) mass is 387 g/mol. The molecule has 2 aliphatic rings. The van der Waals surface area contributed by atoms with Crippen molar-refractivity contribution in [2.75, 3.05) is 6.54 Å². The van der Waals surface area contributed by atoms with Gasteiger partial charge in [-0.3, -0.25) is 0 Å². The number of fused-ring (bicyclic) bond motifs is 1. The van der Waals surface area contributed by atoms with Crippen LogP contribution in [0.25, 0.3) is 0 Å². The van der Waals surface area contributed by atoms with Gasteiger partial charge in [0, 0.05) is 18.4 Å². The van der Waals surface area contributed by atoms with Crippen LogP contribution in [-0.2, 0) is 0 Å². The molecule has 3 heteroatoms. The van der Waals surface area contributed by atoms with Crippen LogP contribution >= 0.6 is 0 Å². The van der Waals surface area contributed by atoms with Crippen LogP contribution in [0.5, 0.6) is 0 Å². The Morgan fingerprint density at radius 2 is 2.00 bits per heavy atom. The summed E-state index contributed by atoms with van der Waals surface area (Å²) in [5, 5.41) is 24.3. The van der Waals surface area contributed by atoms with E-state index in [0.717, 1.165) is 25.8 Å². The normalized spacial score (nSPS) is 30.6. The number of rotatable bonds is 10. The summed E-state index contributed by atoms with van der Waals surface area (Å²) >= 11 is 0. The molecule has 3 nitrogen and oxygen atoms in total. The number of unbranched alkanes of at least 4 members (excludes halogenated alkanes) is 2. The number of hydrogen-bond acceptors (Lipinski definition) is 3. The highest BCUT2D eigenvalue weighted by molar-refractivity contribution is 5.18. The molecule has 3 unspecified atom stereocenters. The van der Waals surface area contributed by atoms with Gasteiger partial charge in [0.25, 0.3) is 0 Å². The van der Waals surface area contributed by atoms with Crippen LogP contribution in [0.3, 0.4) is 0 Å². The molecule has 6 atom stereocenters. The van der Waals surface area contributed by atoms with Gasteiger partial charge in [-0.1, -0.05) is 44.6 Å². The molecule has 0 bridgehead atoms. The fourth-order valence-electron chi connectivity index (χ4n) is 4.72. The molecule has 0 aromatic carbocycles. The highest BCUT2D eigenvalue weighted by atomic mass is 16.3. The molecule has 0 amide bonds. The van der Waals surface area contributed by atoms with E-state index in [1.54, 1.807) is 5.57 Å². The molecule has 0 aromatic heterocycles. The highest BCUT2D eigenvalue weighted by Gasteiger charge is 2.44. The van der Waals surface area contributed by atoms with Crippen molar-refractivity contribution in [3.63, 3.8) is 0 Å². The molecule has 2 fully saturated rings. The highest BCUT2D eigenvalue weighted by Crippen LogP contribution is 2.50. The second kappa shape index (κ2) is 11.8. The molecule has 158 valence electrons. The van der Waals surface area contributed by atoms with E-state index in [1.165, 1.54) is 19.3 Å². The minimum absolute atomic E-state index is 0.127. The van der Waals surface area contributed by atoms with Crippen molar-refractivity contribution in [1.82, 2.24) is 5.32 Å². The topological polar surface area (TPSA) is 52.5 Å². The van der Waals surface area contributed by atoms with Crippen molar-refractivity contribution in [2.24, 2.45) is 23.7 Å². The van der Waals surface area contributed by atoms with Crippen LogP contribution in [0.1, 0.15) is 72.6 Å². The van der Waals surface area contributed by atoms with Gasteiger partial charge in [0.2, 0.25) is 0 Å². The molecule has 3 N–H and O–H groups in total. The Morgan fingerprint density at radius 1 is 1.21 bits per heavy atom. The van der Waals surface area contributed by atoms with Crippen molar-refractivity contribution in [3.05, 3.63) is 23.8 Å². The Morgan fingerprint density at radius 3 is 2.71 bits per heavy atom. The molecular weight excluding hydrogens is 346 g/mol. The number of hydrogen-bond donors (Lipinski definition) is 3. The fraction of sp³-hybridized carbons (Fsp3) is 0.760. The Bertz CT molecular complexity index is 583. The standard InChI is InChI=1S/C25H41NO2/c1-5-6-10-19(4)24(27)13-12-22-23-16-20(15-21(23)17-25(22)28)11-8-7-9-14-26-18(2)3/h11-13,18-19,21-28H,7-10,14-17H2,1-4H3/t19-,21?,22?,23-,24+,25?/m0/s1. The van der Waals surface area contributed by atoms with Crippen LogP contribution in [0, 0.1) is 35.5 Å². The molecule has 0 aromatic rings. The van der Waals surface area contributed by atoms with Crippen molar-refractivity contribution >= 4 is 0 Å². The first kappa shape index (κ1) is 23.2. The predicted molar refractivity (Wildman–Crippen MR) is 118 cm³/mol. The molecule has 28 heavy (non-hydrogen) atoms. The fourth-order valence-corrected chi connectivity index (χ4v) is 4.72. The second-order valence-corrected chi connectivity index (χ2v) is 9.16. The van der Waals surface area contributed by atoms with E-state index >= 15 is 0 Å². The SMILES string of the molecule is CC#CC[C@H](C)[C@H](O)C=CC1C(O)CC2CC(=CCCCCNC(C)C)C[C@@H]21. The van der Waals surface area contributed by atoms with Crippen molar-refractivity contribution < 1.29 is 10.2 Å². The molecule has 0 heterocycles. The number of nitrogens with one attached hydrogen (secondary N) is 1. The number of aliphatic hydroxyl groups is 2. The smallest absolute Gasteiger partial charge is 0.0755 e.